The molecule has 0 atom stereocenters. The van der Waals surface area contributed by atoms with E-state index in [1.54, 1.807) is 11.4 Å². The Labute approximate surface area is 74.2 Å². The van der Waals surface area contributed by atoms with Gasteiger partial charge in [0, 0.05) is 0 Å². The molecule has 12 heavy (non-hydrogen) atoms. The zero-order valence-electron chi connectivity index (χ0n) is 6.57. The average Bonchev–Trinajstić information content (AvgIpc) is 2.52. The third kappa shape index (κ3) is 1.65. The van der Waals surface area contributed by atoms with Gasteiger partial charge >= 0.3 is 5.97 Å². The molecular formula is C8H8O3S. The van der Waals surface area contributed by atoms with Crippen LogP contribution in [0.15, 0.2) is 24.3 Å². The summed E-state index contributed by atoms with van der Waals surface area (Å²) in [4.78, 5) is 11.5. The second-order valence-electron chi connectivity index (χ2n) is 1.89. The van der Waals surface area contributed by atoms with Crippen LogP contribution in [0.5, 0.6) is 5.75 Å². The van der Waals surface area contributed by atoms with Gasteiger partial charge in [-0.2, -0.15) is 0 Å². The van der Waals surface area contributed by atoms with Gasteiger partial charge in [-0.3, -0.25) is 0 Å². The highest BCUT2D eigenvalue weighted by molar-refractivity contribution is 7.12. The van der Waals surface area contributed by atoms with E-state index in [2.05, 4.69) is 11.3 Å². The predicted octanol–water partition coefficient (Wildman–Crippen LogP) is 2.06. The molecule has 0 saturated heterocycles. The molecule has 3 nitrogen and oxygen atoms in total. The Kier molecular flexibility index (Phi) is 2.88. The Balaban J connectivity index is 2.90. The average molecular weight is 184 g/mol. The Bertz CT molecular complexity index is 290. The normalized spacial score (nSPS) is 9.08. The summed E-state index contributed by atoms with van der Waals surface area (Å²) >= 11 is 1.27. The SMILES string of the molecule is C=COc1ccsc1C(=O)OC. The maximum absolute atomic E-state index is 11.0. The topological polar surface area (TPSA) is 35.5 Å². The fraction of sp³-hybridized carbons (Fsp3) is 0.125. The molecule has 0 amide bonds. The summed E-state index contributed by atoms with van der Waals surface area (Å²) in [6.07, 6.45) is 1.27. The van der Waals surface area contributed by atoms with Gasteiger partial charge in [-0.05, 0) is 11.4 Å². The summed E-state index contributed by atoms with van der Waals surface area (Å²) in [5.41, 5.74) is 0. The molecule has 1 heterocycles. The molecular weight excluding hydrogens is 176 g/mol. The monoisotopic (exact) mass is 184 g/mol. The number of carbonyl (C=O) groups excluding carboxylic acids is 1. The quantitative estimate of drug-likeness (QED) is 0.532. The van der Waals surface area contributed by atoms with Crippen molar-refractivity contribution in [1.82, 2.24) is 0 Å². The molecule has 1 aromatic heterocycles. The molecule has 0 unspecified atom stereocenters. The van der Waals surface area contributed by atoms with Gasteiger partial charge in [0.2, 0.25) is 0 Å². The van der Waals surface area contributed by atoms with Gasteiger partial charge in [-0.25, -0.2) is 4.79 Å². The summed E-state index contributed by atoms with van der Waals surface area (Å²) in [6, 6.07) is 1.69. The highest BCUT2D eigenvalue weighted by Crippen LogP contribution is 2.25. The molecule has 0 fully saturated rings. The van der Waals surface area contributed by atoms with Gasteiger partial charge in [-0.15, -0.1) is 11.3 Å². The van der Waals surface area contributed by atoms with Crippen molar-refractivity contribution in [3.8, 4) is 5.75 Å². The van der Waals surface area contributed by atoms with Crippen molar-refractivity contribution in [3.63, 3.8) is 0 Å². The molecule has 0 aliphatic rings. The van der Waals surface area contributed by atoms with E-state index in [-0.39, 0.29) is 5.97 Å². The molecule has 0 saturated carbocycles. The van der Waals surface area contributed by atoms with Crippen molar-refractivity contribution in [2.45, 2.75) is 0 Å². The lowest BCUT2D eigenvalue weighted by atomic mass is 10.4. The molecule has 1 rings (SSSR count). The number of esters is 1. The van der Waals surface area contributed by atoms with Crippen LogP contribution >= 0.6 is 11.3 Å². The Hall–Kier alpha value is -1.29. The van der Waals surface area contributed by atoms with Crippen LogP contribution in [0.25, 0.3) is 0 Å². The van der Waals surface area contributed by atoms with E-state index in [0.717, 1.165) is 0 Å². The zero-order valence-corrected chi connectivity index (χ0v) is 7.39. The van der Waals surface area contributed by atoms with E-state index in [0.29, 0.717) is 10.6 Å². The molecule has 1 aromatic rings. The van der Waals surface area contributed by atoms with Crippen LogP contribution in [0.1, 0.15) is 9.67 Å². The zero-order chi connectivity index (χ0) is 8.97. The number of hydrogen-bond donors (Lipinski definition) is 0. The van der Waals surface area contributed by atoms with Crippen LogP contribution in [0.3, 0.4) is 0 Å². The van der Waals surface area contributed by atoms with Crippen molar-refractivity contribution in [3.05, 3.63) is 29.2 Å². The van der Waals surface area contributed by atoms with Crippen LogP contribution < -0.4 is 4.74 Å². The lowest BCUT2D eigenvalue weighted by Crippen LogP contribution is -1.99. The fourth-order valence-electron chi connectivity index (χ4n) is 0.722. The predicted molar refractivity (Wildman–Crippen MR) is 46.5 cm³/mol. The highest BCUT2D eigenvalue weighted by atomic mass is 32.1. The van der Waals surface area contributed by atoms with E-state index in [1.807, 2.05) is 0 Å². The Morgan fingerprint density at radius 2 is 2.50 bits per heavy atom. The van der Waals surface area contributed by atoms with E-state index < -0.39 is 0 Å². The lowest BCUT2D eigenvalue weighted by Gasteiger charge is -1.99. The standard InChI is InChI=1S/C8H8O3S/c1-3-11-6-4-5-12-7(6)8(9)10-2/h3-5H,1H2,2H3. The van der Waals surface area contributed by atoms with Gasteiger partial charge in [0.1, 0.15) is 0 Å². The first-order valence-electron chi connectivity index (χ1n) is 3.23. The van der Waals surface area contributed by atoms with Crippen molar-refractivity contribution < 1.29 is 14.3 Å². The van der Waals surface area contributed by atoms with Crippen molar-refractivity contribution in [2.24, 2.45) is 0 Å². The Morgan fingerprint density at radius 1 is 1.75 bits per heavy atom. The largest absolute Gasteiger partial charge is 0.465 e. The third-order valence-corrected chi connectivity index (χ3v) is 2.09. The number of ether oxygens (including phenoxy) is 2. The van der Waals surface area contributed by atoms with Gasteiger partial charge in [0.15, 0.2) is 10.6 Å². The molecule has 0 bridgehead atoms. The minimum atomic E-state index is -0.387. The molecule has 0 aromatic carbocycles. The molecule has 0 N–H and O–H groups in total. The van der Waals surface area contributed by atoms with Gasteiger partial charge in [0.05, 0.1) is 13.4 Å². The van der Waals surface area contributed by atoms with Gasteiger partial charge in [0.25, 0.3) is 0 Å². The van der Waals surface area contributed by atoms with Crippen molar-refractivity contribution in [1.29, 1.82) is 0 Å². The van der Waals surface area contributed by atoms with E-state index in [4.69, 9.17) is 4.74 Å². The van der Waals surface area contributed by atoms with Gasteiger partial charge < -0.3 is 9.47 Å². The third-order valence-electron chi connectivity index (χ3n) is 1.21. The summed E-state index contributed by atoms with van der Waals surface area (Å²) in [5, 5.41) is 1.76. The summed E-state index contributed by atoms with van der Waals surface area (Å²) < 4.78 is 9.51. The van der Waals surface area contributed by atoms with E-state index >= 15 is 0 Å². The Morgan fingerprint density at radius 3 is 3.08 bits per heavy atom. The maximum Gasteiger partial charge on any atom is 0.351 e. The fourth-order valence-corrected chi connectivity index (χ4v) is 1.46. The minimum absolute atomic E-state index is 0.387. The number of thiophene rings is 1. The first-order chi connectivity index (χ1) is 5.79. The maximum atomic E-state index is 11.0. The number of carbonyl (C=O) groups is 1. The van der Waals surface area contributed by atoms with Crippen molar-refractivity contribution in [2.75, 3.05) is 7.11 Å². The summed E-state index contributed by atoms with van der Waals surface area (Å²) in [7, 11) is 1.33. The molecule has 0 aliphatic heterocycles. The summed E-state index contributed by atoms with van der Waals surface area (Å²) in [5.74, 6) is 0.101. The lowest BCUT2D eigenvalue weighted by molar-refractivity contribution is 0.0604. The molecule has 0 spiro atoms. The molecule has 0 radical (unpaired) electrons. The highest BCUT2D eigenvalue weighted by Gasteiger charge is 2.13. The first-order valence-corrected chi connectivity index (χ1v) is 4.11. The second-order valence-corrected chi connectivity index (χ2v) is 2.81. The molecule has 4 heteroatoms. The molecule has 64 valence electrons. The smallest absolute Gasteiger partial charge is 0.351 e. The second kappa shape index (κ2) is 3.92. The minimum Gasteiger partial charge on any atom is -0.465 e. The number of methoxy groups -OCH3 is 1. The van der Waals surface area contributed by atoms with E-state index in [9.17, 15) is 4.79 Å². The van der Waals surface area contributed by atoms with Crippen LogP contribution in [-0.2, 0) is 4.74 Å². The van der Waals surface area contributed by atoms with Crippen LogP contribution in [0.2, 0.25) is 0 Å². The van der Waals surface area contributed by atoms with Crippen LogP contribution in [0, 0.1) is 0 Å². The number of rotatable bonds is 3. The van der Waals surface area contributed by atoms with E-state index in [1.165, 1.54) is 24.7 Å². The first kappa shape index (κ1) is 8.80. The van der Waals surface area contributed by atoms with Crippen molar-refractivity contribution >= 4 is 17.3 Å². The number of hydrogen-bond acceptors (Lipinski definition) is 4. The summed E-state index contributed by atoms with van der Waals surface area (Å²) in [6.45, 7) is 3.39. The van der Waals surface area contributed by atoms with Crippen LogP contribution in [-0.4, -0.2) is 13.1 Å². The van der Waals surface area contributed by atoms with Gasteiger partial charge in [-0.1, -0.05) is 6.58 Å². The van der Waals surface area contributed by atoms with Crippen LogP contribution in [0.4, 0.5) is 0 Å². The molecule has 0 aliphatic carbocycles.